The van der Waals surface area contributed by atoms with Gasteiger partial charge in [0.1, 0.15) is 5.75 Å². The van der Waals surface area contributed by atoms with E-state index in [0.29, 0.717) is 45.6 Å². The van der Waals surface area contributed by atoms with E-state index < -0.39 is 0 Å². The highest BCUT2D eigenvalue weighted by molar-refractivity contribution is 6.13. The second-order valence-electron chi connectivity index (χ2n) is 8.34. The summed E-state index contributed by atoms with van der Waals surface area (Å²) in [5.74, 6) is 0.334. The Morgan fingerprint density at radius 2 is 1.82 bits per heavy atom. The van der Waals surface area contributed by atoms with E-state index in [9.17, 15) is 9.59 Å². The van der Waals surface area contributed by atoms with E-state index in [-0.39, 0.29) is 17.3 Å². The van der Waals surface area contributed by atoms with Crippen LogP contribution in [0.4, 0.5) is 0 Å². The third-order valence-corrected chi connectivity index (χ3v) is 6.04. The molecule has 0 unspecified atom stereocenters. The lowest BCUT2D eigenvalue weighted by Gasteiger charge is -2.29. The molecule has 0 saturated heterocycles. The minimum atomic E-state index is -0.256. The number of H-pyrrole nitrogens is 1. The molecule has 2 aromatic carbocycles. The summed E-state index contributed by atoms with van der Waals surface area (Å²) < 4.78 is 7.09. The maximum atomic E-state index is 13.7. The Morgan fingerprint density at radius 1 is 1.09 bits per heavy atom. The zero-order valence-electron chi connectivity index (χ0n) is 18.7. The summed E-state index contributed by atoms with van der Waals surface area (Å²) in [5, 5.41) is 3.55. The van der Waals surface area contributed by atoms with Crippen molar-refractivity contribution in [3.8, 4) is 11.4 Å². The molecule has 0 aliphatic heterocycles. The Hall–Kier alpha value is -4.13. The zero-order valence-corrected chi connectivity index (χ0v) is 18.7. The second-order valence-corrected chi connectivity index (χ2v) is 8.34. The number of ether oxygens (including phenoxy) is 1. The van der Waals surface area contributed by atoms with Crippen LogP contribution in [0.5, 0.6) is 5.75 Å². The first-order valence-electron chi connectivity index (χ1n) is 10.7. The number of benzene rings is 2. The van der Waals surface area contributed by atoms with Crippen molar-refractivity contribution >= 4 is 16.8 Å². The number of aromatic amines is 1. The van der Waals surface area contributed by atoms with Gasteiger partial charge in [0.15, 0.2) is 11.4 Å². The lowest BCUT2D eigenvalue weighted by molar-refractivity contribution is 0.101. The lowest BCUT2D eigenvalue weighted by Crippen LogP contribution is -2.26. The van der Waals surface area contributed by atoms with Crippen LogP contribution in [-0.2, 0) is 6.42 Å². The SMILES string of the molecule is COc1ccccc1[C@@H]1Cc2c(cnc3[nH]n(-c4ccccc4)c(=O)c23)C(=O)/C1=C\N(C)C. The number of carbonyl (C=O) groups excluding carboxylic acids is 1. The average molecular weight is 441 g/mol. The summed E-state index contributed by atoms with van der Waals surface area (Å²) in [7, 11) is 5.40. The molecule has 0 fully saturated rings. The maximum absolute atomic E-state index is 13.7. The van der Waals surface area contributed by atoms with Gasteiger partial charge in [0.25, 0.3) is 5.56 Å². The Bertz CT molecular complexity index is 1450. The van der Waals surface area contributed by atoms with Gasteiger partial charge in [-0.15, -0.1) is 0 Å². The van der Waals surface area contributed by atoms with Gasteiger partial charge in [0.05, 0.1) is 18.2 Å². The van der Waals surface area contributed by atoms with Gasteiger partial charge in [-0.25, -0.2) is 9.67 Å². The van der Waals surface area contributed by atoms with Crippen LogP contribution in [0, 0.1) is 0 Å². The minimum Gasteiger partial charge on any atom is -0.496 e. The Balaban J connectivity index is 1.75. The first kappa shape index (κ1) is 20.8. The molecule has 166 valence electrons. The topological polar surface area (TPSA) is 80.2 Å². The van der Waals surface area contributed by atoms with Gasteiger partial charge in [-0.2, -0.15) is 0 Å². The summed E-state index contributed by atoms with van der Waals surface area (Å²) in [6.07, 6.45) is 3.92. The van der Waals surface area contributed by atoms with Crippen LogP contribution in [-0.4, -0.2) is 46.7 Å². The number of hydrogen-bond donors (Lipinski definition) is 1. The maximum Gasteiger partial charge on any atom is 0.281 e. The Labute approximate surface area is 190 Å². The zero-order chi connectivity index (χ0) is 23.1. The fourth-order valence-corrected chi connectivity index (χ4v) is 4.59. The van der Waals surface area contributed by atoms with Crippen LogP contribution in [0.1, 0.15) is 27.4 Å². The molecule has 1 aliphatic carbocycles. The quantitative estimate of drug-likeness (QED) is 0.490. The highest BCUT2D eigenvalue weighted by Crippen LogP contribution is 2.41. The van der Waals surface area contributed by atoms with Crippen molar-refractivity contribution < 1.29 is 9.53 Å². The first-order valence-corrected chi connectivity index (χ1v) is 10.7. The third kappa shape index (κ3) is 3.42. The summed E-state index contributed by atoms with van der Waals surface area (Å²) in [6.45, 7) is 0. The summed E-state index contributed by atoms with van der Waals surface area (Å²) in [4.78, 5) is 33.4. The standard InChI is InChI=1S/C26H24N4O3/c1-29(2)15-21-18(17-11-7-8-12-22(17)33-3)13-19-20(24(21)31)14-27-25-23(19)26(32)30(28-25)16-9-5-4-6-10-16/h4-12,14-15,18H,13H2,1-3H3,(H,27,28)/b21-15-/t18-/m0/s1. The molecule has 0 radical (unpaired) electrons. The molecule has 2 aromatic heterocycles. The molecule has 4 aromatic rings. The van der Waals surface area contributed by atoms with Crippen molar-refractivity contribution in [1.82, 2.24) is 19.7 Å². The van der Waals surface area contributed by atoms with Gasteiger partial charge in [-0.3, -0.25) is 14.7 Å². The molecule has 0 amide bonds. The fourth-order valence-electron chi connectivity index (χ4n) is 4.59. The lowest BCUT2D eigenvalue weighted by atomic mass is 9.75. The number of para-hydroxylation sites is 2. The Morgan fingerprint density at radius 3 is 2.55 bits per heavy atom. The number of nitrogens with one attached hydrogen (secondary N) is 1. The van der Waals surface area contributed by atoms with E-state index in [0.717, 1.165) is 5.56 Å². The first-order chi connectivity index (χ1) is 16.0. The van der Waals surface area contributed by atoms with Crippen LogP contribution < -0.4 is 10.3 Å². The number of Topliss-reactive ketones (excluding diaryl/α,β-unsaturated/α-hetero) is 1. The second kappa shape index (κ2) is 8.09. The number of fused-ring (bicyclic) bond motifs is 3. The van der Waals surface area contributed by atoms with Crippen molar-refractivity contribution in [2.45, 2.75) is 12.3 Å². The summed E-state index contributed by atoms with van der Waals surface area (Å²) in [5.41, 5.74) is 3.71. The molecule has 2 heterocycles. The number of aromatic nitrogens is 3. The van der Waals surface area contributed by atoms with Crippen LogP contribution in [0.3, 0.4) is 0 Å². The molecule has 0 saturated carbocycles. The van der Waals surface area contributed by atoms with E-state index >= 15 is 0 Å². The number of ketones is 1. The van der Waals surface area contributed by atoms with Gasteiger partial charge in [-0.1, -0.05) is 36.4 Å². The predicted octanol–water partition coefficient (Wildman–Crippen LogP) is 3.69. The molecule has 1 N–H and O–H groups in total. The van der Waals surface area contributed by atoms with Crippen molar-refractivity contribution in [2.75, 3.05) is 21.2 Å². The normalized spacial score (nSPS) is 16.8. The van der Waals surface area contributed by atoms with Gasteiger partial charge in [0.2, 0.25) is 0 Å². The monoisotopic (exact) mass is 440 g/mol. The largest absolute Gasteiger partial charge is 0.496 e. The average Bonchev–Trinajstić information content (AvgIpc) is 3.17. The number of methoxy groups -OCH3 is 1. The van der Waals surface area contributed by atoms with E-state index in [4.69, 9.17) is 4.74 Å². The number of rotatable bonds is 4. The highest BCUT2D eigenvalue weighted by Gasteiger charge is 2.35. The predicted molar refractivity (Wildman–Crippen MR) is 127 cm³/mol. The molecule has 1 aliphatic rings. The molecular weight excluding hydrogens is 416 g/mol. The molecule has 0 bridgehead atoms. The van der Waals surface area contributed by atoms with E-state index in [1.165, 1.54) is 4.68 Å². The van der Waals surface area contributed by atoms with Gasteiger partial charge in [0, 0.05) is 49.1 Å². The molecule has 5 rings (SSSR count). The van der Waals surface area contributed by atoms with E-state index in [1.54, 1.807) is 13.3 Å². The molecule has 7 nitrogen and oxygen atoms in total. The van der Waals surface area contributed by atoms with Gasteiger partial charge in [-0.05, 0) is 30.2 Å². The number of hydrogen-bond acceptors (Lipinski definition) is 5. The number of nitrogens with zero attached hydrogens (tertiary/aromatic N) is 3. The van der Waals surface area contributed by atoms with Crippen molar-refractivity contribution in [3.63, 3.8) is 0 Å². The molecule has 1 atom stereocenters. The van der Waals surface area contributed by atoms with Crippen LogP contribution >= 0.6 is 0 Å². The van der Waals surface area contributed by atoms with Crippen LogP contribution in [0.15, 0.2) is 77.4 Å². The summed E-state index contributed by atoms with van der Waals surface area (Å²) in [6, 6.07) is 17.0. The molecular formula is C26H24N4O3. The highest BCUT2D eigenvalue weighted by atomic mass is 16.5. The number of allylic oxidation sites excluding steroid dienone is 1. The summed E-state index contributed by atoms with van der Waals surface area (Å²) >= 11 is 0. The fraction of sp³-hybridized carbons (Fsp3) is 0.192. The van der Waals surface area contributed by atoms with Gasteiger partial charge >= 0.3 is 0 Å². The van der Waals surface area contributed by atoms with Crippen molar-refractivity contribution in [3.05, 3.63) is 99.6 Å². The Kier molecular flexibility index (Phi) is 5.09. The van der Waals surface area contributed by atoms with E-state index in [1.807, 2.05) is 79.8 Å². The van der Waals surface area contributed by atoms with Crippen molar-refractivity contribution in [2.24, 2.45) is 0 Å². The molecule has 7 heteroatoms. The third-order valence-electron chi connectivity index (χ3n) is 6.04. The van der Waals surface area contributed by atoms with Crippen LogP contribution in [0.2, 0.25) is 0 Å². The molecule has 0 spiro atoms. The van der Waals surface area contributed by atoms with Crippen LogP contribution in [0.25, 0.3) is 16.7 Å². The van der Waals surface area contributed by atoms with E-state index in [2.05, 4.69) is 10.1 Å². The minimum absolute atomic E-state index is 0.123. The smallest absolute Gasteiger partial charge is 0.281 e. The van der Waals surface area contributed by atoms with Crippen molar-refractivity contribution in [1.29, 1.82) is 0 Å². The number of pyridine rings is 1. The molecule has 33 heavy (non-hydrogen) atoms. The van der Waals surface area contributed by atoms with Gasteiger partial charge < -0.3 is 9.64 Å². The number of carbonyl (C=O) groups is 1.